The van der Waals surface area contributed by atoms with Crippen LogP contribution < -0.4 is 9.47 Å². The summed E-state index contributed by atoms with van der Waals surface area (Å²) in [5.74, 6) is 1.69. The Morgan fingerprint density at radius 3 is 1.39 bits per heavy atom. The lowest BCUT2D eigenvalue weighted by Crippen LogP contribution is -2.05. The molecule has 4 aliphatic heterocycles. The van der Waals surface area contributed by atoms with Crippen LogP contribution in [0.2, 0.25) is 0 Å². The smallest absolute Gasteiger partial charge is 0.119 e. The molecule has 2 aromatic heterocycles. The normalized spacial score (nSPS) is 14.9. The lowest BCUT2D eigenvalue weighted by Gasteiger charge is -2.12. The van der Waals surface area contributed by atoms with Crippen molar-refractivity contribution in [2.45, 2.75) is 32.8 Å². The molecule has 0 atom stereocenters. The minimum absolute atomic E-state index is 0.492. The van der Waals surface area contributed by atoms with Crippen LogP contribution in [0.4, 0.5) is 0 Å². The van der Waals surface area contributed by atoms with Crippen LogP contribution in [0.25, 0.3) is 55.0 Å². The molecular formula is C43H34N2O4. The van der Waals surface area contributed by atoms with Crippen LogP contribution in [0.5, 0.6) is 11.5 Å². The van der Waals surface area contributed by atoms with Crippen molar-refractivity contribution >= 4 is 43.6 Å². The van der Waals surface area contributed by atoms with Gasteiger partial charge in [0, 0.05) is 39.3 Å². The molecule has 0 saturated heterocycles. The van der Waals surface area contributed by atoms with Gasteiger partial charge in [-0.2, -0.15) is 0 Å². The maximum absolute atomic E-state index is 6.65. The predicted octanol–water partition coefficient (Wildman–Crippen LogP) is 9.79. The van der Waals surface area contributed by atoms with E-state index in [-0.39, 0.29) is 0 Å². The summed E-state index contributed by atoms with van der Waals surface area (Å²) in [7, 11) is 0. The van der Waals surface area contributed by atoms with E-state index >= 15 is 0 Å². The molecule has 6 nitrogen and oxygen atoms in total. The maximum atomic E-state index is 6.65. The Hall–Kier alpha value is -5.56. The molecule has 12 rings (SSSR count). The molecule has 0 N–H and O–H groups in total. The maximum Gasteiger partial charge on any atom is 0.119 e. The summed E-state index contributed by atoms with van der Waals surface area (Å²) in [6, 6.07) is 43.3. The number of hydrogen-bond donors (Lipinski definition) is 0. The first-order valence-corrected chi connectivity index (χ1v) is 17.0. The average molecular weight is 643 g/mol. The second-order valence-electron chi connectivity index (χ2n) is 13.0. The molecule has 0 spiro atoms. The van der Waals surface area contributed by atoms with E-state index < -0.39 is 0 Å². The molecular weight excluding hydrogens is 608 g/mol. The molecule has 49 heavy (non-hydrogen) atoms. The molecule has 240 valence electrons. The summed E-state index contributed by atoms with van der Waals surface area (Å²) in [6.45, 7) is 3.18. The van der Waals surface area contributed by atoms with Gasteiger partial charge in [0.25, 0.3) is 0 Å². The standard InChI is InChI=1S/C43H34N2O4/c1-4-30-26-47-27-31-5-2-7-41-43(31)37-23-29-9-19-39(37)45(41)33-12-16-35(17-13-33)49-21-3-20-48-34-14-10-32(11-15-34)44-38-18-8-28(24-46-25-29)22-36(38)42(30)40(44)6-1/h1-2,4-19,22-23H,3,20-21,24-27H2. The molecule has 0 amide bonds. The molecule has 16 bridgehead atoms. The van der Waals surface area contributed by atoms with E-state index in [0.29, 0.717) is 39.6 Å². The molecule has 0 radical (unpaired) electrons. The highest BCUT2D eigenvalue weighted by Gasteiger charge is 2.19. The van der Waals surface area contributed by atoms with Gasteiger partial charge in [-0.05, 0) is 107 Å². The van der Waals surface area contributed by atoms with Gasteiger partial charge in [0.15, 0.2) is 0 Å². The van der Waals surface area contributed by atoms with Crippen LogP contribution in [0.3, 0.4) is 0 Å². The van der Waals surface area contributed by atoms with Crippen LogP contribution in [-0.4, -0.2) is 22.3 Å². The minimum atomic E-state index is 0.492. The van der Waals surface area contributed by atoms with Crippen molar-refractivity contribution in [2.24, 2.45) is 0 Å². The topological polar surface area (TPSA) is 46.8 Å². The lowest BCUT2D eigenvalue weighted by atomic mass is 10.0. The lowest BCUT2D eigenvalue weighted by molar-refractivity contribution is 0.107. The van der Waals surface area contributed by atoms with Crippen molar-refractivity contribution in [3.63, 3.8) is 0 Å². The van der Waals surface area contributed by atoms with Crippen LogP contribution >= 0.6 is 0 Å². The molecule has 0 saturated carbocycles. The van der Waals surface area contributed by atoms with E-state index in [0.717, 1.165) is 62.5 Å². The molecule has 0 unspecified atom stereocenters. The molecule has 0 aliphatic carbocycles. The number of hydrogen-bond acceptors (Lipinski definition) is 4. The third-order valence-electron chi connectivity index (χ3n) is 9.95. The molecule has 0 fully saturated rings. The third-order valence-corrected chi connectivity index (χ3v) is 9.95. The van der Waals surface area contributed by atoms with Gasteiger partial charge in [-0.3, -0.25) is 0 Å². The summed E-state index contributed by atoms with van der Waals surface area (Å²) >= 11 is 0. The second kappa shape index (κ2) is 11.5. The van der Waals surface area contributed by atoms with E-state index in [1.165, 1.54) is 32.7 Å². The zero-order valence-corrected chi connectivity index (χ0v) is 27.0. The molecule has 6 heteroatoms. The van der Waals surface area contributed by atoms with Gasteiger partial charge in [0.05, 0.1) is 61.7 Å². The Balaban J connectivity index is 1.20. The number of rotatable bonds is 0. The van der Waals surface area contributed by atoms with Crippen molar-refractivity contribution in [3.05, 3.63) is 144 Å². The van der Waals surface area contributed by atoms with Gasteiger partial charge in [-0.15, -0.1) is 0 Å². The van der Waals surface area contributed by atoms with E-state index in [9.17, 15) is 0 Å². The fraction of sp³-hybridized carbons (Fsp3) is 0.163. The van der Waals surface area contributed by atoms with Crippen molar-refractivity contribution in [1.82, 2.24) is 9.13 Å². The van der Waals surface area contributed by atoms with Gasteiger partial charge in [-0.1, -0.05) is 36.4 Å². The first kappa shape index (κ1) is 28.5. The molecule has 8 aromatic rings. The summed E-state index contributed by atoms with van der Waals surface area (Å²) < 4.78 is 30.0. The summed E-state index contributed by atoms with van der Waals surface area (Å²) in [4.78, 5) is 0. The highest BCUT2D eigenvalue weighted by Crippen LogP contribution is 2.38. The van der Waals surface area contributed by atoms with Crippen molar-refractivity contribution in [3.8, 4) is 22.9 Å². The first-order valence-electron chi connectivity index (χ1n) is 17.0. The van der Waals surface area contributed by atoms with Crippen LogP contribution in [-0.2, 0) is 35.9 Å². The Morgan fingerprint density at radius 2 is 0.898 bits per heavy atom. The highest BCUT2D eigenvalue weighted by molar-refractivity contribution is 6.12. The van der Waals surface area contributed by atoms with Gasteiger partial charge < -0.3 is 28.1 Å². The third kappa shape index (κ3) is 4.78. The van der Waals surface area contributed by atoms with Gasteiger partial charge in [-0.25, -0.2) is 0 Å². The quantitative estimate of drug-likeness (QED) is 0.165. The second-order valence-corrected chi connectivity index (χ2v) is 13.0. The Bertz CT molecular complexity index is 2350. The number of fused-ring (bicyclic) bond motifs is 4. The highest BCUT2D eigenvalue weighted by atomic mass is 16.5. The number of ether oxygens (including phenoxy) is 4. The molecule has 6 heterocycles. The molecule has 6 aromatic carbocycles. The number of aromatic nitrogens is 2. The van der Waals surface area contributed by atoms with Crippen LogP contribution in [0.15, 0.2) is 121 Å². The summed E-state index contributed by atoms with van der Waals surface area (Å²) in [5.41, 5.74) is 11.4. The predicted molar refractivity (Wildman–Crippen MR) is 194 cm³/mol. The Morgan fingerprint density at radius 1 is 0.429 bits per heavy atom. The van der Waals surface area contributed by atoms with Crippen molar-refractivity contribution in [1.29, 1.82) is 0 Å². The number of nitrogens with zero attached hydrogens (tertiary/aromatic N) is 2. The number of benzene rings is 6. The van der Waals surface area contributed by atoms with E-state index in [2.05, 4.69) is 130 Å². The van der Waals surface area contributed by atoms with Crippen molar-refractivity contribution in [2.75, 3.05) is 13.2 Å². The fourth-order valence-corrected chi connectivity index (χ4v) is 7.74. The van der Waals surface area contributed by atoms with Gasteiger partial charge in [0.1, 0.15) is 11.5 Å². The van der Waals surface area contributed by atoms with Crippen LogP contribution in [0.1, 0.15) is 28.7 Å². The molecule has 4 aliphatic rings. The Labute approximate surface area is 283 Å². The van der Waals surface area contributed by atoms with Crippen molar-refractivity contribution < 1.29 is 18.9 Å². The van der Waals surface area contributed by atoms with E-state index in [1.54, 1.807) is 0 Å². The first-order chi connectivity index (χ1) is 24.3. The van der Waals surface area contributed by atoms with Crippen LogP contribution in [0, 0.1) is 0 Å². The Kier molecular flexibility index (Phi) is 6.71. The largest absolute Gasteiger partial charge is 0.493 e. The summed E-state index contributed by atoms with van der Waals surface area (Å²) in [5, 5.41) is 4.81. The van der Waals surface area contributed by atoms with Gasteiger partial charge >= 0.3 is 0 Å². The van der Waals surface area contributed by atoms with E-state index in [4.69, 9.17) is 18.9 Å². The minimum Gasteiger partial charge on any atom is -0.493 e. The van der Waals surface area contributed by atoms with E-state index in [1.807, 2.05) is 0 Å². The monoisotopic (exact) mass is 642 g/mol. The fourth-order valence-electron chi connectivity index (χ4n) is 7.74. The van der Waals surface area contributed by atoms with Gasteiger partial charge in [0.2, 0.25) is 0 Å². The zero-order valence-electron chi connectivity index (χ0n) is 27.0. The average Bonchev–Trinajstić information content (AvgIpc) is 3.65. The SMILES string of the molecule is c1cc2c3c4cc5ccc4n(c3c1)-c1ccc(cc1)OCCCOc1ccc(cc1)-n1c3ccc(cc3c3c(cccc31)COC2)COC5. The zero-order chi connectivity index (χ0) is 32.3. The summed E-state index contributed by atoms with van der Waals surface area (Å²) in [6.07, 6.45) is 0.783.